The smallest absolute Gasteiger partial charge is 0.224 e. The number of halogens is 2. The zero-order chi connectivity index (χ0) is 22.7. The van der Waals surface area contributed by atoms with Crippen LogP contribution in [0.5, 0.6) is 11.6 Å². The lowest BCUT2D eigenvalue weighted by Gasteiger charge is -2.40. The van der Waals surface area contributed by atoms with Crippen LogP contribution in [0.4, 0.5) is 0 Å². The first-order valence-corrected chi connectivity index (χ1v) is 11.4. The number of aromatic nitrogens is 1. The standard InChI is InChI=1S/C24H22BrClN2O4/c1-31-22-20-17(11-18(26)28-22)32-24(14-7-9-15(25)10-8-14)19(13-5-3-2-4-6-13)16(12-27)21(29)23(20,24)30/h2-11,16,19,21,29-30H,12,27H2,1H3/t16-,19-,21-,23+,24+/m1/s1. The highest BCUT2D eigenvalue weighted by Gasteiger charge is 2.76. The molecule has 6 nitrogen and oxygen atoms in total. The topological polar surface area (TPSA) is 97.8 Å². The highest BCUT2D eigenvalue weighted by Crippen LogP contribution is 2.69. The number of nitrogens with two attached hydrogens (primary N) is 1. The quantitative estimate of drug-likeness (QED) is 0.457. The molecule has 0 radical (unpaired) electrons. The number of aliphatic hydroxyl groups excluding tert-OH is 1. The van der Waals surface area contributed by atoms with Crippen LogP contribution in [0.3, 0.4) is 0 Å². The number of aliphatic hydroxyl groups is 2. The minimum Gasteiger partial charge on any atom is -0.481 e. The molecular formula is C24H22BrClN2O4. The van der Waals surface area contributed by atoms with Gasteiger partial charge in [-0.15, -0.1) is 0 Å². The van der Waals surface area contributed by atoms with E-state index >= 15 is 0 Å². The van der Waals surface area contributed by atoms with Crippen molar-refractivity contribution < 1.29 is 19.7 Å². The molecule has 2 heterocycles. The van der Waals surface area contributed by atoms with Crippen LogP contribution in [-0.2, 0) is 11.2 Å². The van der Waals surface area contributed by atoms with Crippen molar-refractivity contribution in [3.05, 3.63) is 87.0 Å². The summed E-state index contributed by atoms with van der Waals surface area (Å²) in [6, 6.07) is 18.7. The van der Waals surface area contributed by atoms with E-state index in [-0.39, 0.29) is 23.1 Å². The van der Waals surface area contributed by atoms with Gasteiger partial charge in [-0.05, 0) is 29.8 Å². The third-order valence-electron chi connectivity index (χ3n) is 6.73. The van der Waals surface area contributed by atoms with Gasteiger partial charge in [0.05, 0.1) is 18.8 Å². The Kier molecular flexibility index (Phi) is 5.22. The monoisotopic (exact) mass is 516 g/mol. The fourth-order valence-electron chi connectivity index (χ4n) is 5.51. The summed E-state index contributed by atoms with van der Waals surface area (Å²) in [7, 11) is 1.44. The number of fused-ring (bicyclic) bond motifs is 3. The summed E-state index contributed by atoms with van der Waals surface area (Å²) in [6.45, 7) is 0.142. The van der Waals surface area contributed by atoms with Crippen LogP contribution in [0.1, 0.15) is 22.6 Å². The van der Waals surface area contributed by atoms with Gasteiger partial charge >= 0.3 is 0 Å². The maximum Gasteiger partial charge on any atom is 0.224 e. The van der Waals surface area contributed by atoms with Crippen LogP contribution in [0.15, 0.2) is 65.1 Å². The molecule has 8 heteroatoms. The molecule has 5 atom stereocenters. The first kappa shape index (κ1) is 21.7. The average molecular weight is 518 g/mol. The van der Waals surface area contributed by atoms with E-state index in [2.05, 4.69) is 20.9 Å². The van der Waals surface area contributed by atoms with Crippen molar-refractivity contribution in [1.82, 2.24) is 4.98 Å². The van der Waals surface area contributed by atoms with Crippen molar-refractivity contribution in [3.63, 3.8) is 0 Å². The van der Waals surface area contributed by atoms with Gasteiger partial charge in [0, 0.05) is 22.4 Å². The van der Waals surface area contributed by atoms with Crippen LogP contribution in [-0.4, -0.2) is 35.0 Å². The maximum absolute atomic E-state index is 12.5. The predicted molar refractivity (Wildman–Crippen MR) is 124 cm³/mol. The van der Waals surface area contributed by atoms with E-state index in [1.165, 1.54) is 7.11 Å². The van der Waals surface area contributed by atoms with E-state index in [1.54, 1.807) is 6.07 Å². The lowest BCUT2D eigenvalue weighted by Crippen LogP contribution is -2.52. The van der Waals surface area contributed by atoms with Crippen molar-refractivity contribution >= 4 is 27.5 Å². The van der Waals surface area contributed by atoms with E-state index < -0.39 is 29.1 Å². The lowest BCUT2D eigenvalue weighted by molar-refractivity contribution is -0.152. The molecule has 0 unspecified atom stereocenters. The Balaban J connectivity index is 1.88. The molecule has 0 bridgehead atoms. The number of methoxy groups -OCH3 is 1. The molecule has 5 rings (SSSR count). The first-order valence-electron chi connectivity index (χ1n) is 10.2. The molecule has 0 amide bonds. The van der Waals surface area contributed by atoms with E-state index in [1.807, 2.05) is 54.6 Å². The number of pyridine rings is 1. The van der Waals surface area contributed by atoms with Gasteiger partial charge in [0.25, 0.3) is 0 Å². The van der Waals surface area contributed by atoms with E-state index in [9.17, 15) is 10.2 Å². The maximum atomic E-state index is 12.5. The zero-order valence-corrected chi connectivity index (χ0v) is 19.5. The molecule has 1 saturated carbocycles. The number of hydrogen-bond donors (Lipinski definition) is 3. The highest BCUT2D eigenvalue weighted by molar-refractivity contribution is 9.10. The first-order chi connectivity index (χ1) is 15.4. The molecule has 1 aliphatic carbocycles. The molecule has 4 N–H and O–H groups in total. The van der Waals surface area contributed by atoms with Crippen molar-refractivity contribution in [3.8, 4) is 11.6 Å². The Morgan fingerprint density at radius 3 is 2.50 bits per heavy atom. The molecule has 1 aromatic heterocycles. The Bertz CT molecular complexity index is 1160. The van der Waals surface area contributed by atoms with Crippen molar-refractivity contribution in [2.24, 2.45) is 11.7 Å². The molecule has 0 saturated heterocycles. The molecule has 2 aromatic carbocycles. The second-order valence-electron chi connectivity index (χ2n) is 8.17. The fourth-order valence-corrected chi connectivity index (χ4v) is 5.95. The number of nitrogens with zero attached hydrogens (tertiary/aromatic N) is 1. The van der Waals surface area contributed by atoms with Crippen LogP contribution in [0.2, 0.25) is 5.15 Å². The summed E-state index contributed by atoms with van der Waals surface area (Å²) in [5, 5.41) is 24.3. The molecule has 1 aliphatic heterocycles. The molecule has 2 aliphatic rings. The number of hydrogen-bond acceptors (Lipinski definition) is 6. The van der Waals surface area contributed by atoms with Gasteiger partial charge in [-0.25, -0.2) is 4.98 Å². The van der Waals surface area contributed by atoms with Gasteiger partial charge in [0.2, 0.25) is 5.88 Å². The van der Waals surface area contributed by atoms with Gasteiger partial charge < -0.3 is 25.4 Å². The van der Waals surface area contributed by atoms with Gasteiger partial charge in [-0.2, -0.15) is 0 Å². The zero-order valence-electron chi connectivity index (χ0n) is 17.2. The normalized spacial score (nSPS) is 30.5. The van der Waals surface area contributed by atoms with E-state index in [0.717, 1.165) is 10.0 Å². The number of ether oxygens (including phenoxy) is 2. The summed E-state index contributed by atoms with van der Waals surface area (Å²) in [5.41, 5.74) is 4.78. The summed E-state index contributed by atoms with van der Waals surface area (Å²) in [4.78, 5) is 4.24. The molecule has 166 valence electrons. The van der Waals surface area contributed by atoms with Gasteiger partial charge in [-0.1, -0.05) is 70.0 Å². The number of rotatable bonds is 4. The second-order valence-corrected chi connectivity index (χ2v) is 9.47. The molecule has 0 spiro atoms. The van der Waals surface area contributed by atoms with E-state index in [4.69, 9.17) is 26.8 Å². The van der Waals surface area contributed by atoms with Gasteiger partial charge in [0.15, 0.2) is 11.2 Å². The van der Waals surface area contributed by atoms with Gasteiger partial charge in [-0.3, -0.25) is 0 Å². The van der Waals surface area contributed by atoms with Gasteiger partial charge in [0.1, 0.15) is 10.9 Å². The molecule has 32 heavy (non-hydrogen) atoms. The summed E-state index contributed by atoms with van der Waals surface area (Å²) in [6.07, 6.45) is -1.25. The predicted octanol–water partition coefficient (Wildman–Crippen LogP) is 3.71. The van der Waals surface area contributed by atoms with Crippen molar-refractivity contribution in [1.29, 1.82) is 0 Å². The summed E-state index contributed by atoms with van der Waals surface area (Å²) >= 11 is 9.70. The Morgan fingerprint density at radius 2 is 1.88 bits per heavy atom. The van der Waals surface area contributed by atoms with E-state index in [0.29, 0.717) is 11.3 Å². The average Bonchev–Trinajstić information content (AvgIpc) is 3.17. The third-order valence-corrected chi connectivity index (χ3v) is 7.46. The largest absolute Gasteiger partial charge is 0.481 e. The Morgan fingerprint density at radius 1 is 1.19 bits per heavy atom. The van der Waals surface area contributed by atoms with Crippen LogP contribution < -0.4 is 15.2 Å². The molecular weight excluding hydrogens is 496 g/mol. The summed E-state index contributed by atoms with van der Waals surface area (Å²) < 4.78 is 13.0. The number of benzene rings is 2. The van der Waals surface area contributed by atoms with Crippen molar-refractivity contribution in [2.45, 2.75) is 23.2 Å². The summed E-state index contributed by atoms with van der Waals surface area (Å²) in [5.74, 6) is -0.537. The van der Waals surface area contributed by atoms with Crippen LogP contribution in [0, 0.1) is 5.92 Å². The lowest BCUT2D eigenvalue weighted by atomic mass is 9.71. The Hall–Kier alpha value is -2.16. The third kappa shape index (κ3) is 2.72. The SMILES string of the molecule is COc1nc(Cl)cc2c1[C@]1(O)[C@H](O)[C@H](CN)[C@@H](c3ccccc3)[C@]1(c1ccc(Br)cc1)O2. The second kappa shape index (κ2) is 7.71. The fraction of sp³-hybridized carbons (Fsp3) is 0.292. The van der Waals surface area contributed by atoms with Crippen LogP contribution in [0.25, 0.3) is 0 Å². The minimum absolute atomic E-state index is 0.109. The Labute approximate surface area is 199 Å². The molecule has 3 aromatic rings. The van der Waals surface area contributed by atoms with Crippen molar-refractivity contribution in [2.75, 3.05) is 13.7 Å². The minimum atomic E-state index is -1.89. The molecule has 1 fully saturated rings. The van der Waals surface area contributed by atoms with Crippen LogP contribution >= 0.6 is 27.5 Å². The highest BCUT2D eigenvalue weighted by atomic mass is 79.9.